The number of hydrogen-bond donors (Lipinski definition) is 1. The fourth-order valence-corrected chi connectivity index (χ4v) is 4.81. The van der Waals surface area contributed by atoms with E-state index < -0.39 is 21.2 Å². The van der Waals surface area contributed by atoms with Gasteiger partial charge in [0.2, 0.25) is 21.8 Å². The molecule has 12 heteroatoms. The van der Waals surface area contributed by atoms with Crippen molar-refractivity contribution in [2.24, 2.45) is 0 Å². The number of piperidine rings is 1. The van der Waals surface area contributed by atoms with Gasteiger partial charge in [-0.25, -0.2) is 22.7 Å². The van der Waals surface area contributed by atoms with E-state index in [4.69, 9.17) is 9.47 Å². The van der Waals surface area contributed by atoms with Gasteiger partial charge in [0.15, 0.2) is 0 Å². The fraction of sp³-hybridized carbons (Fsp3) is 0.300. The number of aromatic nitrogens is 2. The van der Waals surface area contributed by atoms with Gasteiger partial charge in [-0.05, 0) is 48.4 Å². The van der Waals surface area contributed by atoms with E-state index in [1.165, 1.54) is 16.9 Å². The Bertz CT molecular complexity index is 1180. The molecule has 0 saturated carbocycles. The smallest absolute Gasteiger partial charge is 0.290 e. The Labute approximate surface area is 189 Å². The first-order valence-corrected chi connectivity index (χ1v) is 12.4. The third-order valence-corrected chi connectivity index (χ3v) is 6.91. The van der Waals surface area contributed by atoms with Gasteiger partial charge in [0.1, 0.15) is 18.2 Å². The zero-order valence-corrected chi connectivity index (χ0v) is 18.7. The van der Waals surface area contributed by atoms with Gasteiger partial charge in [-0.3, -0.25) is 14.9 Å². The van der Waals surface area contributed by atoms with Crippen molar-refractivity contribution in [3.8, 4) is 17.5 Å². The first-order valence-electron chi connectivity index (χ1n) is 9.73. The standard InChI is InChI=1S/C20H20N4O6S2/c1-32(27,28)24-7-5-14(6-8-24)29-17-11-18(22-12-21-17)30-15-4-2-3-13(9-15)10-16-19(25)23-20(26)31-16/h2-4,9-12,14H,5-8H2,1H3,(H,23,25,26)/b16-10+. The van der Waals surface area contributed by atoms with Crippen LogP contribution < -0.4 is 14.8 Å². The van der Waals surface area contributed by atoms with Crippen molar-refractivity contribution in [2.45, 2.75) is 18.9 Å². The molecule has 0 unspecified atom stereocenters. The summed E-state index contributed by atoms with van der Waals surface area (Å²) in [6.07, 6.45) is 5.12. The van der Waals surface area contributed by atoms with Gasteiger partial charge >= 0.3 is 0 Å². The lowest BCUT2D eigenvalue weighted by Crippen LogP contribution is -2.41. The molecule has 0 atom stereocenters. The molecule has 2 saturated heterocycles. The Morgan fingerprint density at radius 1 is 1.16 bits per heavy atom. The Morgan fingerprint density at radius 3 is 2.59 bits per heavy atom. The Kier molecular flexibility index (Phi) is 6.44. The molecule has 32 heavy (non-hydrogen) atoms. The Hall–Kier alpha value is -2.96. The molecule has 4 rings (SSSR count). The minimum Gasteiger partial charge on any atom is -0.474 e. The number of thioether (sulfide) groups is 1. The van der Waals surface area contributed by atoms with Crippen LogP contribution in [0.25, 0.3) is 6.08 Å². The summed E-state index contributed by atoms with van der Waals surface area (Å²) in [6.45, 7) is 0.810. The number of imide groups is 1. The number of sulfonamides is 1. The summed E-state index contributed by atoms with van der Waals surface area (Å²) in [5.74, 6) is 0.673. The van der Waals surface area contributed by atoms with Gasteiger partial charge in [-0.2, -0.15) is 0 Å². The van der Waals surface area contributed by atoms with Gasteiger partial charge in [0.25, 0.3) is 11.1 Å². The number of hydrogen-bond acceptors (Lipinski definition) is 9. The van der Waals surface area contributed by atoms with Crippen molar-refractivity contribution in [1.29, 1.82) is 0 Å². The summed E-state index contributed by atoms with van der Waals surface area (Å²) in [6, 6.07) is 8.56. The third kappa shape index (κ3) is 5.64. The van der Waals surface area contributed by atoms with E-state index in [0.29, 0.717) is 48.0 Å². The van der Waals surface area contributed by atoms with Gasteiger partial charge in [0, 0.05) is 13.1 Å². The molecule has 0 radical (unpaired) electrons. The van der Waals surface area contributed by atoms with E-state index in [0.717, 1.165) is 11.8 Å². The van der Waals surface area contributed by atoms with E-state index >= 15 is 0 Å². The van der Waals surface area contributed by atoms with Crippen molar-refractivity contribution in [3.05, 3.63) is 47.1 Å². The average Bonchev–Trinajstić information content (AvgIpc) is 3.05. The second kappa shape index (κ2) is 9.27. The molecule has 1 N–H and O–H groups in total. The topological polar surface area (TPSA) is 128 Å². The van der Waals surface area contributed by atoms with Crippen LogP contribution in [-0.4, -0.2) is 59.3 Å². The van der Waals surface area contributed by atoms with Crippen molar-refractivity contribution in [1.82, 2.24) is 19.6 Å². The minimum atomic E-state index is -3.19. The lowest BCUT2D eigenvalue weighted by molar-refractivity contribution is -0.115. The maximum Gasteiger partial charge on any atom is 0.290 e. The van der Waals surface area contributed by atoms with Crippen LogP contribution in [0.4, 0.5) is 4.79 Å². The second-order valence-corrected chi connectivity index (χ2v) is 10.2. The summed E-state index contributed by atoms with van der Waals surface area (Å²) in [4.78, 5) is 31.5. The molecule has 168 valence electrons. The summed E-state index contributed by atoms with van der Waals surface area (Å²) in [7, 11) is -3.19. The first-order chi connectivity index (χ1) is 15.3. The minimum absolute atomic E-state index is 0.150. The highest BCUT2D eigenvalue weighted by Crippen LogP contribution is 2.28. The molecule has 2 amide bonds. The zero-order chi connectivity index (χ0) is 22.7. The predicted molar refractivity (Wildman–Crippen MR) is 118 cm³/mol. The number of rotatable bonds is 6. The highest BCUT2D eigenvalue weighted by atomic mass is 32.2. The van der Waals surface area contributed by atoms with Crippen molar-refractivity contribution in [3.63, 3.8) is 0 Å². The van der Waals surface area contributed by atoms with Crippen molar-refractivity contribution >= 4 is 39.0 Å². The molecule has 0 aliphatic carbocycles. The summed E-state index contributed by atoms with van der Waals surface area (Å²) >= 11 is 0.845. The number of amides is 2. The lowest BCUT2D eigenvalue weighted by Gasteiger charge is -2.30. The van der Waals surface area contributed by atoms with E-state index in [2.05, 4.69) is 15.3 Å². The van der Waals surface area contributed by atoms with Crippen molar-refractivity contribution < 1.29 is 27.5 Å². The van der Waals surface area contributed by atoms with Crippen LogP contribution in [-0.2, 0) is 14.8 Å². The number of carbonyl (C=O) groups is 2. The third-order valence-electron chi connectivity index (χ3n) is 4.79. The van der Waals surface area contributed by atoms with Crippen LogP contribution in [0.2, 0.25) is 0 Å². The lowest BCUT2D eigenvalue weighted by atomic mass is 10.1. The van der Waals surface area contributed by atoms with Gasteiger partial charge in [-0.1, -0.05) is 12.1 Å². The molecule has 2 aliphatic rings. The summed E-state index contributed by atoms with van der Waals surface area (Å²) < 4.78 is 36.4. The van der Waals surface area contributed by atoms with Crippen LogP contribution in [0.1, 0.15) is 18.4 Å². The van der Waals surface area contributed by atoms with Gasteiger partial charge < -0.3 is 9.47 Å². The number of nitrogens with one attached hydrogen (secondary N) is 1. The van der Waals surface area contributed by atoms with Crippen molar-refractivity contribution in [2.75, 3.05) is 19.3 Å². The number of carbonyl (C=O) groups excluding carboxylic acids is 2. The molecular weight excluding hydrogens is 456 g/mol. The fourth-order valence-electron chi connectivity index (χ4n) is 3.26. The van der Waals surface area contributed by atoms with Crippen LogP contribution in [0, 0.1) is 0 Å². The summed E-state index contributed by atoms with van der Waals surface area (Å²) in [5.41, 5.74) is 0.693. The number of ether oxygens (including phenoxy) is 2. The normalized spacial score (nSPS) is 19.2. The maximum absolute atomic E-state index is 11.7. The first kappa shape index (κ1) is 22.2. The Balaban J connectivity index is 1.40. The molecule has 0 spiro atoms. The van der Waals surface area contributed by atoms with Crippen LogP contribution in [0.3, 0.4) is 0 Å². The number of benzene rings is 1. The largest absolute Gasteiger partial charge is 0.474 e. The molecule has 2 aromatic rings. The monoisotopic (exact) mass is 476 g/mol. The quantitative estimate of drug-likeness (QED) is 0.625. The zero-order valence-electron chi connectivity index (χ0n) is 17.1. The van der Waals surface area contributed by atoms with E-state index in [1.54, 1.807) is 36.4 Å². The predicted octanol–water partition coefficient (Wildman–Crippen LogP) is 2.40. The molecule has 1 aromatic heterocycles. The van der Waals surface area contributed by atoms with E-state index in [-0.39, 0.29) is 12.0 Å². The SMILES string of the molecule is CS(=O)(=O)N1CCC(Oc2cc(Oc3cccc(/C=C4/SC(=O)NC4=O)c3)ncn2)CC1. The molecule has 2 aliphatic heterocycles. The van der Waals surface area contributed by atoms with Crippen LogP contribution in [0.5, 0.6) is 17.5 Å². The highest BCUT2D eigenvalue weighted by Gasteiger charge is 2.26. The van der Waals surface area contributed by atoms with E-state index in [9.17, 15) is 18.0 Å². The van der Waals surface area contributed by atoms with Gasteiger partial charge in [-0.15, -0.1) is 0 Å². The average molecular weight is 477 g/mol. The van der Waals surface area contributed by atoms with Gasteiger partial charge in [0.05, 0.1) is 17.2 Å². The van der Waals surface area contributed by atoms with E-state index in [1.807, 2.05) is 0 Å². The molecule has 3 heterocycles. The second-order valence-electron chi connectivity index (χ2n) is 7.20. The maximum atomic E-state index is 11.7. The van der Waals surface area contributed by atoms with Crippen LogP contribution >= 0.6 is 11.8 Å². The molecule has 10 nitrogen and oxygen atoms in total. The van der Waals surface area contributed by atoms with Crippen LogP contribution in [0.15, 0.2) is 41.6 Å². The molecule has 2 fully saturated rings. The molecular formula is C20H20N4O6S2. The molecule has 0 bridgehead atoms. The molecule has 1 aromatic carbocycles. The number of nitrogens with zero attached hydrogens (tertiary/aromatic N) is 3. The summed E-state index contributed by atoms with van der Waals surface area (Å²) in [5, 5.41) is 1.81. The Morgan fingerprint density at radius 2 is 1.91 bits per heavy atom. The highest BCUT2D eigenvalue weighted by molar-refractivity contribution is 8.18.